The summed E-state index contributed by atoms with van der Waals surface area (Å²) in [4.78, 5) is 13.9. The van der Waals surface area contributed by atoms with E-state index in [0.29, 0.717) is 31.2 Å². The zero-order valence-electron chi connectivity index (χ0n) is 22.7. The monoisotopic (exact) mass is 565 g/mol. The van der Waals surface area contributed by atoms with Crippen LogP contribution in [0.25, 0.3) is 17.2 Å². The molecule has 1 heterocycles. The maximum Gasteiger partial charge on any atom is 0.419 e. The zero-order valence-corrected chi connectivity index (χ0v) is 22.7. The molecule has 41 heavy (non-hydrogen) atoms. The Kier molecular flexibility index (Phi) is 8.31. The number of methoxy groups -OCH3 is 1. The van der Waals surface area contributed by atoms with Gasteiger partial charge in [-0.2, -0.15) is 13.2 Å². The molecule has 2 aliphatic rings. The molecule has 1 fully saturated rings. The first-order valence-corrected chi connectivity index (χ1v) is 13.6. The summed E-state index contributed by atoms with van der Waals surface area (Å²) in [5.74, 6) is -1.25. The number of rotatable bonds is 8. The highest BCUT2D eigenvalue weighted by Gasteiger charge is 2.34. The van der Waals surface area contributed by atoms with Crippen LogP contribution >= 0.6 is 0 Å². The number of carbonyl (C=O) groups is 1. The number of alkyl halides is 4. The summed E-state index contributed by atoms with van der Waals surface area (Å²) in [5, 5.41) is 9.56. The van der Waals surface area contributed by atoms with Crippen LogP contribution in [0, 0.1) is 0 Å². The summed E-state index contributed by atoms with van der Waals surface area (Å²) in [5.41, 5.74) is 6.71. The smallest absolute Gasteiger partial charge is 0.419 e. The first-order chi connectivity index (χ1) is 19.7. The van der Waals surface area contributed by atoms with Gasteiger partial charge in [-0.05, 0) is 94.5 Å². The third kappa shape index (κ3) is 6.22. The van der Waals surface area contributed by atoms with E-state index >= 15 is 0 Å². The van der Waals surface area contributed by atoms with Crippen LogP contribution in [0.15, 0.2) is 66.2 Å². The summed E-state index contributed by atoms with van der Waals surface area (Å²) in [6, 6.07) is 17.1. The summed E-state index contributed by atoms with van der Waals surface area (Å²) in [7, 11) is 1.23. The van der Waals surface area contributed by atoms with Gasteiger partial charge in [0, 0.05) is 19.6 Å². The second-order valence-corrected chi connectivity index (χ2v) is 10.5. The minimum absolute atomic E-state index is 0.200. The Hall–Kier alpha value is -3.91. The van der Waals surface area contributed by atoms with Gasteiger partial charge in [-0.1, -0.05) is 42.5 Å². The Labute approximate surface area is 236 Å². The highest BCUT2D eigenvalue weighted by atomic mass is 19.4. The van der Waals surface area contributed by atoms with Crippen molar-refractivity contribution in [1.29, 1.82) is 0 Å². The van der Waals surface area contributed by atoms with E-state index in [0.717, 1.165) is 59.1 Å². The fourth-order valence-electron chi connectivity index (χ4n) is 5.69. The van der Waals surface area contributed by atoms with E-state index in [2.05, 4.69) is 11.0 Å². The molecule has 3 aromatic rings. The van der Waals surface area contributed by atoms with Crippen LogP contribution in [0.1, 0.15) is 63.0 Å². The van der Waals surface area contributed by atoms with Crippen molar-refractivity contribution in [3.8, 4) is 5.75 Å². The van der Waals surface area contributed by atoms with Crippen molar-refractivity contribution in [2.24, 2.45) is 0 Å². The molecule has 1 aliphatic carbocycles. The number of aryl methyl sites for hydroxylation is 1. The third-order valence-corrected chi connectivity index (χ3v) is 7.68. The highest BCUT2D eigenvalue weighted by Crippen LogP contribution is 2.43. The van der Waals surface area contributed by atoms with E-state index in [9.17, 15) is 27.5 Å². The average molecular weight is 566 g/mol. The van der Waals surface area contributed by atoms with E-state index in [-0.39, 0.29) is 18.0 Å². The topological polar surface area (TPSA) is 49.8 Å². The van der Waals surface area contributed by atoms with Gasteiger partial charge in [-0.3, -0.25) is 9.29 Å². The fourth-order valence-corrected chi connectivity index (χ4v) is 5.69. The van der Waals surface area contributed by atoms with Gasteiger partial charge in [0.2, 0.25) is 0 Å². The predicted octanol–water partition coefficient (Wildman–Crippen LogP) is 7.77. The number of halogens is 4. The Bertz CT molecular complexity index is 1500. The normalized spacial score (nSPS) is 15.7. The molecular weight excluding hydrogens is 534 g/mol. The molecule has 8 heteroatoms. The summed E-state index contributed by atoms with van der Waals surface area (Å²) < 4.78 is 58.4. The van der Waals surface area contributed by atoms with Crippen molar-refractivity contribution in [3.05, 3.63) is 105 Å². The van der Waals surface area contributed by atoms with Gasteiger partial charge in [0.15, 0.2) is 0 Å². The Morgan fingerprint density at radius 1 is 1.00 bits per heavy atom. The van der Waals surface area contributed by atoms with Crippen LogP contribution in [-0.2, 0) is 12.6 Å². The van der Waals surface area contributed by atoms with Gasteiger partial charge in [0.1, 0.15) is 5.75 Å². The third-order valence-electron chi connectivity index (χ3n) is 7.68. The van der Waals surface area contributed by atoms with Crippen molar-refractivity contribution in [1.82, 2.24) is 4.90 Å². The summed E-state index contributed by atoms with van der Waals surface area (Å²) in [6.07, 6.45) is 0.0815. The quantitative estimate of drug-likeness (QED) is 0.284. The van der Waals surface area contributed by atoms with E-state index in [1.807, 2.05) is 24.3 Å². The summed E-state index contributed by atoms with van der Waals surface area (Å²) in [6.45, 7) is 2.09. The van der Waals surface area contributed by atoms with Gasteiger partial charge in [0.05, 0.1) is 24.9 Å². The van der Waals surface area contributed by atoms with Crippen molar-refractivity contribution in [2.75, 3.05) is 33.4 Å². The number of carboxylic acid groups (broad SMARTS) is 1. The first-order valence-electron chi connectivity index (χ1n) is 13.6. The number of hydrogen-bond acceptors (Lipinski definition) is 3. The molecule has 0 radical (unpaired) electrons. The van der Waals surface area contributed by atoms with Crippen LogP contribution in [0.3, 0.4) is 0 Å². The number of aromatic carboxylic acids is 1. The number of carboxylic acids is 1. The molecule has 5 rings (SSSR count). The molecule has 1 aliphatic heterocycles. The number of benzene rings is 3. The zero-order chi connectivity index (χ0) is 29.1. The van der Waals surface area contributed by atoms with E-state index < -0.39 is 17.7 Å². The first kappa shape index (κ1) is 28.6. The predicted molar refractivity (Wildman–Crippen MR) is 152 cm³/mol. The molecule has 214 valence electrons. The highest BCUT2D eigenvalue weighted by molar-refractivity contribution is 6.01. The standard InChI is InChI=1S/C33H31F4NO3/c1-41-30-18-25(11-13-29(30)33(35,36)37)27-5-2-4-24-17-26(32(39)40)10-12-28(24)31(27)23-8-6-21(7-9-23)16-22-19-38(20-22)15-3-14-34/h6-13,16-18H,2-5,14-15,19-20H2,1H3,(H,39,40). The van der Waals surface area contributed by atoms with Crippen molar-refractivity contribution in [3.63, 3.8) is 0 Å². The number of fused-ring (bicyclic) bond motifs is 1. The molecule has 0 spiro atoms. The second-order valence-electron chi connectivity index (χ2n) is 10.5. The molecule has 0 saturated carbocycles. The number of likely N-dealkylation sites (tertiary alicyclic amines) is 1. The molecule has 0 bridgehead atoms. The van der Waals surface area contributed by atoms with E-state index in [4.69, 9.17) is 4.74 Å². The van der Waals surface area contributed by atoms with Gasteiger partial charge in [0.25, 0.3) is 0 Å². The van der Waals surface area contributed by atoms with Gasteiger partial charge in [-0.25, -0.2) is 4.79 Å². The van der Waals surface area contributed by atoms with Gasteiger partial charge in [-0.15, -0.1) is 0 Å². The van der Waals surface area contributed by atoms with Crippen LogP contribution in [0.2, 0.25) is 0 Å². The van der Waals surface area contributed by atoms with E-state index in [1.165, 1.54) is 24.8 Å². The van der Waals surface area contributed by atoms with Crippen LogP contribution in [-0.4, -0.2) is 49.4 Å². The number of nitrogens with zero attached hydrogens (tertiary/aromatic N) is 1. The minimum atomic E-state index is -4.54. The Morgan fingerprint density at radius 3 is 2.39 bits per heavy atom. The average Bonchev–Trinajstić information content (AvgIpc) is 3.13. The van der Waals surface area contributed by atoms with Crippen molar-refractivity contribution in [2.45, 2.75) is 31.9 Å². The number of allylic oxidation sites excluding steroid dienone is 1. The Morgan fingerprint density at radius 2 is 1.73 bits per heavy atom. The van der Waals surface area contributed by atoms with Crippen molar-refractivity contribution < 1.29 is 32.2 Å². The largest absolute Gasteiger partial charge is 0.496 e. The number of ether oxygens (including phenoxy) is 1. The molecule has 4 nitrogen and oxygen atoms in total. The summed E-state index contributed by atoms with van der Waals surface area (Å²) >= 11 is 0. The molecule has 0 unspecified atom stereocenters. The fraction of sp³-hybridized carbons (Fsp3) is 0.303. The Balaban J connectivity index is 1.58. The van der Waals surface area contributed by atoms with Crippen LogP contribution in [0.5, 0.6) is 5.75 Å². The maximum atomic E-state index is 13.6. The minimum Gasteiger partial charge on any atom is -0.496 e. The second kappa shape index (κ2) is 11.9. The van der Waals surface area contributed by atoms with E-state index in [1.54, 1.807) is 18.2 Å². The van der Waals surface area contributed by atoms with Gasteiger partial charge < -0.3 is 9.84 Å². The molecule has 3 aromatic carbocycles. The van der Waals surface area contributed by atoms with Crippen molar-refractivity contribution >= 4 is 23.2 Å². The lowest BCUT2D eigenvalue weighted by Crippen LogP contribution is -2.40. The lowest BCUT2D eigenvalue weighted by atomic mass is 9.86. The molecular formula is C33H31F4NO3. The molecule has 1 N–H and O–H groups in total. The molecule has 0 aromatic heterocycles. The van der Waals surface area contributed by atoms with Crippen LogP contribution < -0.4 is 4.74 Å². The lowest BCUT2D eigenvalue weighted by molar-refractivity contribution is -0.138. The van der Waals surface area contributed by atoms with Gasteiger partial charge >= 0.3 is 12.1 Å². The molecule has 0 amide bonds. The van der Waals surface area contributed by atoms with Crippen LogP contribution in [0.4, 0.5) is 17.6 Å². The number of hydrogen-bond donors (Lipinski definition) is 1. The SMILES string of the molecule is COc1cc(C2=C(c3ccc(C=C4CN(CCCF)C4)cc3)c3ccc(C(=O)O)cc3CCC2)ccc1C(F)(F)F. The molecule has 1 saturated heterocycles. The maximum absolute atomic E-state index is 13.6. The lowest BCUT2D eigenvalue weighted by Gasteiger charge is -2.33. The molecule has 0 atom stereocenters.